The van der Waals surface area contributed by atoms with Crippen molar-refractivity contribution in [1.29, 1.82) is 0 Å². The molecule has 0 aliphatic heterocycles. The molecule has 2 unspecified atom stereocenters. The van der Waals surface area contributed by atoms with Crippen molar-refractivity contribution in [1.82, 2.24) is 5.32 Å². The zero-order chi connectivity index (χ0) is 16.9. The molecule has 0 saturated heterocycles. The van der Waals surface area contributed by atoms with Gasteiger partial charge in [0.2, 0.25) is 5.91 Å². The van der Waals surface area contributed by atoms with Gasteiger partial charge in [0.05, 0.1) is 6.04 Å². The van der Waals surface area contributed by atoms with Gasteiger partial charge in [0.15, 0.2) is 0 Å². The van der Waals surface area contributed by atoms with Gasteiger partial charge in [-0.3, -0.25) is 4.79 Å². The maximum absolute atomic E-state index is 12.3. The van der Waals surface area contributed by atoms with E-state index >= 15 is 0 Å². The van der Waals surface area contributed by atoms with Crippen LogP contribution in [0.3, 0.4) is 0 Å². The largest absolute Gasteiger partial charge is 0.350 e. The van der Waals surface area contributed by atoms with Crippen LogP contribution in [0.5, 0.6) is 0 Å². The number of nitrogens with one attached hydrogen (secondary N) is 1. The van der Waals surface area contributed by atoms with Crippen LogP contribution in [0.25, 0.3) is 0 Å². The molecule has 0 bridgehead atoms. The van der Waals surface area contributed by atoms with Gasteiger partial charge < -0.3 is 11.1 Å². The number of carbonyl (C=O) groups excluding carboxylic acids is 1. The molecule has 0 heterocycles. The summed E-state index contributed by atoms with van der Waals surface area (Å²) in [6.07, 6.45) is 5.20. The first-order valence-electron chi connectivity index (χ1n) is 8.85. The summed E-state index contributed by atoms with van der Waals surface area (Å²) < 4.78 is 0. The summed E-state index contributed by atoms with van der Waals surface area (Å²) in [6.45, 7) is 2.04. The highest BCUT2D eigenvalue weighted by Crippen LogP contribution is 2.25. The van der Waals surface area contributed by atoms with Crippen molar-refractivity contribution >= 4 is 5.91 Å². The molecule has 1 amide bonds. The van der Waals surface area contributed by atoms with Crippen molar-refractivity contribution in [3.05, 3.63) is 70.8 Å². The molecule has 1 aliphatic carbocycles. The van der Waals surface area contributed by atoms with E-state index in [1.807, 2.05) is 37.3 Å². The van der Waals surface area contributed by atoms with E-state index in [0.717, 1.165) is 12.0 Å². The van der Waals surface area contributed by atoms with Crippen molar-refractivity contribution in [2.45, 2.75) is 51.1 Å². The smallest absolute Gasteiger partial charge is 0.222 e. The predicted octanol–water partition coefficient (Wildman–Crippen LogP) is 3.83. The summed E-state index contributed by atoms with van der Waals surface area (Å²) in [4.78, 5) is 12.3. The Morgan fingerprint density at radius 2 is 1.75 bits per heavy atom. The molecular weight excluding hydrogens is 296 g/mol. The van der Waals surface area contributed by atoms with Gasteiger partial charge in [-0.2, -0.15) is 0 Å². The van der Waals surface area contributed by atoms with Crippen LogP contribution in [0.1, 0.15) is 60.5 Å². The summed E-state index contributed by atoms with van der Waals surface area (Å²) in [5.74, 6) is -0.00317. The Morgan fingerprint density at radius 1 is 1.04 bits per heavy atom. The average Bonchev–Trinajstić information content (AvgIpc) is 2.61. The first kappa shape index (κ1) is 16.7. The van der Waals surface area contributed by atoms with Crippen molar-refractivity contribution in [3.63, 3.8) is 0 Å². The Labute approximate surface area is 144 Å². The molecule has 0 aromatic heterocycles. The molecular formula is C21H26N2O. The van der Waals surface area contributed by atoms with Crippen LogP contribution in [0, 0.1) is 0 Å². The molecule has 3 nitrogen and oxygen atoms in total. The Balaban J connectivity index is 1.60. The molecule has 3 N–H and O–H groups in total. The fourth-order valence-corrected chi connectivity index (χ4v) is 3.42. The molecule has 2 atom stereocenters. The van der Waals surface area contributed by atoms with E-state index in [-0.39, 0.29) is 18.0 Å². The zero-order valence-electron chi connectivity index (χ0n) is 14.3. The van der Waals surface area contributed by atoms with Crippen LogP contribution in [0.15, 0.2) is 48.5 Å². The Hall–Kier alpha value is -2.13. The molecule has 3 rings (SSSR count). The van der Waals surface area contributed by atoms with Gasteiger partial charge in [0.25, 0.3) is 0 Å². The summed E-state index contributed by atoms with van der Waals surface area (Å²) >= 11 is 0. The fourth-order valence-electron chi connectivity index (χ4n) is 3.42. The van der Waals surface area contributed by atoms with E-state index in [9.17, 15) is 4.79 Å². The first-order valence-corrected chi connectivity index (χ1v) is 8.85. The highest BCUT2D eigenvalue weighted by Gasteiger charge is 2.16. The Kier molecular flexibility index (Phi) is 5.31. The number of fused-ring (bicyclic) bond motifs is 1. The lowest BCUT2D eigenvalue weighted by molar-refractivity contribution is -0.122. The molecule has 24 heavy (non-hydrogen) atoms. The lowest BCUT2D eigenvalue weighted by Crippen LogP contribution is -2.30. The number of carbonyl (C=O) groups is 1. The van der Waals surface area contributed by atoms with Crippen molar-refractivity contribution in [2.75, 3.05) is 0 Å². The number of rotatable bonds is 5. The quantitative estimate of drug-likeness (QED) is 0.879. The second-order valence-corrected chi connectivity index (χ2v) is 6.75. The first-order chi connectivity index (χ1) is 11.6. The molecule has 2 aromatic rings. The number of hydrogen-bond acceptors (Lipinski definition) is 2. The normalized spacial score (nSPS) is 16.1. The monoisotopic (exact) mass is 322 g/mol. The third kappa shape index (κ3) is 4.04. The van der Waals surface area contributed by atoms with Crippen LogP contribution in [0.4, 0.5) is 0 Å². The lowest BCUT2D eigenvalue weighted by Gasteiger charge is -2.20. The third-order valence-electron chi connectivity index (χ3n) is 4.88. The highest BCUT2D eigenvalue weighted by molar-refractivity contribution is 5.77. The lowest BCUT2D eigenvalue weighted by atomic mass is 9.89. The van der Waals surface area contributed by atoms with E-state index in [1.54, 1.807) is 0 Å². The SMILES string of the molecule is CC(NC(=O)CC(N)c1ccccc1)c1ccc2c(c1)CCCC2. The molecule has 1 aliphatic rings. The minimum Gasteiger partial charge on any atom is -0.350 e. The van der Waals surface area contributed by atoms with Gasteiger partial charge in [-0.1, -0.05) is 48.5 Å². The van der Waals surface area contributed by atoms with E-state index in [0.29, 0.717) is 6.42 Å². The van der Waals surface area contributed by atoms with Crippen LogP contribution in [-0.2, 0) is 17.6 Å². The summed E-state index contributed by atoms with van der Waals surface area (Å²) in [7, 11) is 0. The minimum absolute atomic E-state index is 0.00317. The van der Waals surface area contributed by atoms with Gasteiger partial charge >= 0.3 is 0 Å². The maximum Gasteiger partial charge on any atom is 0.222 e. The molecule has 0 spiro atoms. The van der Waals surface area contributed by atoms with Gasteiger partial charge in [0, 0.05) is 12.5 Å². The molecule has 126 valence electrons. The molecule has 0 saturated carbocycles. The van der Waals surface area contributed by atoms with E-state index in [2.05, 4.69) is 23.5 Å². The number of hydrogen-bond donors (Lipinski definition) is 2. The van der Waals surface area contributed by atoms with Crippen LogP contribution in [0.2, 0.25) is 0 Å². The number of nitrogens with two attached hydrogens (primary N) is 1. The molecule has 2 aromatic carbocycles. The second-order valence-electron chi connectivity index (χ2n) is 6.75. The maximum atomic E-state index is 12.3. The Morgan fingerprint density at radius 3 is 2.50 bits per heavy atom. The molecule has 0 radical (unpaired) electrons. The molecule has 0 fully saturated rings. The number of benzene rings is 2. The standard InChI is InChI=1S/C21H26N2O/c1-15(18-12-11-16-7-5-6-10-19(16)13-18)23-21(24)14-20(22)17-8-3-2-4-9-17/h2-4,8-9,11-13,15,20H,5-7,10,14,22H2,1H3,(H,23,24). The zero-order valence-corrected chi connectivity index (χ0v) is 14.3. The fraction of sp³-hybridized carbons (Fsp3) is 0.381. The van der Waals surface area contributed by atoms with Crippen molar-refractivity contribution < 1.29 is 4.79 Å². The average molecular weight is 322 g/mol. The van der Waals surface area contributed by atoms with Crippen molar-refractivity contribution in [2.24, 2.45) is 5.73 Å². The molecule has 3 heteroatoms. The summed E-state index contributed by atoms with van der Waals surface area (Å²) in [5.41, 5.74) is 11.2. The van der Waals surface area contributed by atoms with Crippen molar-refractivity contribution in [3.8, 4) is 0 Å². The summed E-state index contributed by atoms with van der Waals surface area (Å²) in [6, 6.07) is 16.1. The third-order valence-corrected chi connectivity index (χ3v) is 4.88. The van der Waals surface area contributed by atoms with Gasteiger partial charge in [-0.05, 0) is 54.9 Å². The van der Waals surface area contributed by atoms with Gasteiger partial charge in [-0.15, -0.1) is 0 Å². The van der Waals surface area contributed by atoms with Crippen LogP contribution < -0.4 is 11.1 Å². The van der Waals surface area contributed by atoms with Crippen LogP contribution >= 0.6 is 0 Å². The number of amides is 1. The van der Waals surface area contributed by atoms with Gasteiger partial charge in [0.1, 0.15) is 0 Å². The Bertz CT molecular complexity index is 696. The van der Waals surface area contributed by atoms with Crippen LogP contribution in [-0.4, -0.2) is 5.91 Å². The minimum atomic E-state index is -0.262. The second kappa shape index (κ2) is 7.63. The summed E-state index contributed by atoms with van der Waals surface area (Å²) in [5, 5.41) is 3.08. The topological polar surface area (TPSA) is 55.1 Å². The number of aryl methyl sites for hydroxylation is 2. The predicted molar refractivity (Wildman–Crippen MR) is 97.6 cm³/mol. The highest BCUT2D eigenvalue weighted by atomic mass is 16.1. The van der Waals surface area contributed by atoms with E-state index in [1.165, 1.54) is 36.0 Å². The van der Waals surface area contributed by atoms with E-state index < -0.39 is 0 Å². The van der Waals surface area contributed by atoms with E-state index in [4.69, 9.17) is 5.73 Å². The van der Waals surface area contributed by atoms with Gasteiger partial charge in [-0.25, -0.2) is 0 Å².